The zero-order chi connectivity index (χ0) is 13.7. The fourth-order valence-electron chi connectivity index (χ4n) is 1.87. The summed E-state index contributed by atoms with van der Waals surface area (Å²) < 4.78 is 5.74. The van der Waals surface area contributed by atoms with Crippen LogP contribution in [0.15, 0.2) is 42.7 Å². The van der Waals surface area contributed by atoms with Gasteiger partial charge in [0.1, 0.15) is 12.4 Å². The van der Waals surface area contributed by atoms with Gasteiger partial charge >= 0.3 is 0 Å². The van der Waals surface area contributed by atoms with Gasteiger partial charge in [-0.2, -0.15) is 0 Å². The quantitative estimate of drug-likeness (QED) is 0.767. The van der Waals surface area contributed by atoms with Crippen LogP contribution in [-0.2, 0) is 6.61 Å². The maximum atomic E-state index is 11.8. The molecule has 0 amide bonds. The molecule has 0 radical (unpaired) electrons. The Balaban J connectivity index is 2.13. The standard InChI is InChI=1S/C16H17NO2/c1-3-15(18)14-6-4-5-7-16(14)19-11-13-8-12(2)9-17-10-13/h4-10H,3,11H2,1-2H3. The number of rotatable bonds is 5. The summed E-state index contributed by atoms with van der Waals surface area (Å²) in [6, 6.07) is 9.37. The van der Waals surface area contributed by atoms with E-state index in [4.69, 9.17) is 4.74 Å². The molecular formula is C16H17NO2. The molecule has 1 heterocycles. The fourth-order valence-corrected chi connectivity index (χ4v) is 1.87. The molecule has 3 nitrogen and oxygen atoms in total. The summed E-state index contributed by atoms with van der Waals surface area (Å²) >= 11 is 0. The van der Waals surface area contributed by atoms with Crippen molar-refractivity contribution in [2.24, 2.45) is 0 Å². The molecule has 0 spiro atoms. The third-order valence-corrected chi connectivity index (χ3v) is 2.83. The summed E-state index contributed by atoms with van der Waals surface area (Å²) in [7, 11) is 0. The zero-order valence-electron chi connectivity index (χ0n) is 11.2. The summed E-state index contributed by atoms with van der Waals surface area (Å²) in [5, 5.41) is 0. The topological polar surface area (TPSA) is 39.2 Å². The molecule has 0 saturated carbocycles. The predicted octanol–water partition coefficient (Wildman–Crippen LogP) is 3.56. The molecule has 0 aliphatic rings. The van der Waals surface area contributed by atoms with Crippen LogP contribution in [0, 0.1) is 6.92 Å². The van der Waals surface area contributed by atoms with Crippen LogP contribution in [0.25, 0.3) is 0 Å². The molecule has 19 heavy (non-hydrogen) atoms. The molecule has 0 bridgehead atoms. The van der Waals surface area contributed by atoms with Crippen molar-refractivity contribution in [1.82, 2.24) is 4.98 Å². The van der Waals surface area contributed by atoms with E-state index in [1.165, 1.54) is 0 Å². The first-order chi connectivity index (χ1) is 9.20. The molecule has 0 N–H and O–H groups in total. The van der Waals surface area contributed by atoms with E-state index in [0.29, 0.717) is 24.3 Å². The lowest BCUT2D eigenvalue weighted by atomic mass is 10.1. The van der Waals surface area contributed by atoms with Crippen LogP contribution >= 0.6 is 0 Å². The average Bonchev–Trinajstić information content (AvgIpc) is 2.45. The number of nitrogens with zero attached hydrogens (tertiary/aromatic N) is 1. The lowest BCUT2D eigenvalue weighted by molar-refractivity contribution is 0.0983. The summed E-state index contributed by atoms with van der Waals surface area (Å²) in [6.45, 7) is 4.26. The molecule has 3 heteroatoms. The van der Waals surface area contributed by atoms with Gasteiger partial charge in [-0.25, -0.2) is 0 Å². The predicted molar refractivity (Wildman–Crippen MR) is 74.4 cm³/mol. The Bertz CT molecular complexity index is 578. The first kappa shape index (κ1) is 13.3. The first-order valence-corrected chi connectivity index (χ1v) is 6.36. The van der Waals surface area contributed by atoms with Gasteiger partial charge in [0.15, 0.2) is 5.78 Å². The van der Waals surface area contributed by atoms with E-state index in [1.54, 1.807) is 18.5 Å². The van der Waals surface area contributed by atoms with Crippen LogP contribution in [-0.4, -0.2) is 10.8 Å². The molecule has 2 aromatic rings. The lowest BCUT2D eigenvalue weighted by Crippen LogP contribution is -2.03. The molecule has 0 atom stereocenters. The number of ketones is 1. The van der Waals surface area contributed by atoms with Crippen molar-refractivity contribution in [2.75, 3.05) is 0 Å². The number of para-hydroxylation sites is 1. The third-order valence-electron chi connectivity index (χ3n) is 2.83. The number of Topliss-reactive ketones (excluding diaryl/α,β-unsaturated/α-hetero) is 1. The van der Waals surface area contributed by atoms with Crippen LogP contribution in [0.3, 0.4) is 0 Å². The van der Waals surface area contributed by atoms with Crippen LogP contribution in [0.4, 0.5) is 0 Å². The Morgan fingerprint density at radius 2 is 2.05 bits per heavy atom. The molecular weight excluding hydrogens is 238 g/mol. The van der Waals surface area contributed by atoms with Gasteiger partial charge in [0.2, 0.25) is 0 Å². The maximum absolute atomic E-state index is 11.8. The largest absolute Gasteiger partial charge is 0.488 e. The van der Waals surface area contributed by atoms with Crippen molar-refractivity contribution >= 4 is 5.78 Å². The van der Waals surface area contributed by atoms with Crippen molar-refractivity contribution in [3.05, 3.63) is 59.4 Å². The summed E-state index contributed by atoms with van der Waals surface area (Å²) in [4.78, 5) is 15.9. The number of carbonyl (C=O) groups excluding carboxylic acids is 1. The molecule has 0 aliphatic carbocycles. The minimum absolute atomic E-state index is 0.0953. The number of benzene rings is 1. The minimum atomic E-state index is 0.0953. The van der Waals surface area contributed by atoms with Gasteiger partial charge in [0, 0.05) is 24.4 Å². The Morgan fingerprint density at radius 3 is 2.79 bits per heavy atom. The number of hydrogen-bond acceptors (Lipinski definition) is 3. The lowest BCUT2D eigenvalue weighted by Gasteiger charge is -2.10. The number of pyridine rings is 1. The monoisotopic (exact) mass is 255 g/mol. The normalized spacial score (nSPS) is 10.2. The number of ether oxygens (including phenoxy) is 1. The molecule has 98 valence electrons. The van der Waals surface area contributed by atoms with E-state index in [0.717, 1.165) is 11.1 Å². The van der Waals surface area contributed by atoms with Gasteiger partial charge in [-0.1, -0.05) is 19.1 Å². The highest BCUT2D eigenvalue weighted by Gasteiger charge is 2.09. The van der Waals surface area contributed by atoms with Crippen LogP contribution < -0.4 is 4.74 Å². The van der Waals surface area contributed by atoms with Gasteiger partial charge in [0.25, 0.3) is 0 Å². The fraction of sp³-hybridized carbons (Fsp3) is 0.250. The Hall–Kier alpha value is -2.16. The Kier molecular flexibility index (Phi) is 4.29. The third kappa shape index (κ3) is 3.41. The smallest absolute Gasteiger partial charge is 0.166 e. The summed E-state index contributed by atoms with van der Waals surface area (Å²) in [5.41, 5.74) is 2.74. The number of hydrogen-bond donors (Lipinski definition) is 0. The zero-order valence-corrected chi connectivity index (χ0v) is 11.2. The molecule has 1 aromatic heterocycles. The van der Waals surface area contributed by atoms with Crippen LogP contribution in [0.1, 0.15) is 34.8 Å². The number of aryl methyl sites for hydroxylation is 1. The summed E-state index contributed by atoms with van der Waals surface area (Å²) in [5.74, 6) is 0.730. The second kappa shape index (κ2) is 6.14. The van der Waals surface area contributed by atoms with Crippen LogP contribution in [0.5, 0.6) is 5.75 Å². The summed E-state index contributed by atoms with van der Waals surface area (Å²) in [6.07, 6.45) is 4.06. The maximum Gasteiger partial charge on any atom is 0.166 e. The molecule has 0 aliphatic heterocycles. The first-order valence-electron chi connectivity index (χ1n) is 6.36. The van der Waals surface area contributed by atoms with Crippen molar-refractivity contribution < 1.29 is 9.53 Å². The molecule has 0 fully saturated rings. The van der Waals surface area contributed by atoms with Gasteiger partial charge in [-0.05, 0) is 30.7 Å². The highest BCUT2D eigenvalue weighted by atomic mass is 16.5. The number of aromatic nitrogens is 1. The Morgan fingerprint density at radius 1 is 1.26 bits per heavy atom. The van der Waals surface area contributed by atoms with Crippen molar-refractivity contribution in [3.8, 4) is 5.75 Å². The van der Waals surface area contributed by atoms with Crippen molar-refractivity contribution in [2.45, 2.75) is 26.9 Å². The van der Waals surface area contributed by atoms with Gasteiger partial charge in [-0.15, -0.1) is 0 Å². The van der Waals surface area contributed by atoms with Gasteiger partial charge in [-0.3, -0.25) is 9.78 Å². The van der Waals surface area contributed by atoms with E-state index in [-0.39, 0.29) is 5.78 Å². The SMILES string of the molecule is CCC(=O)c1ccccc1OCc1cncc(C)c1. The van der Waals surface area contributed by atoms with E-state index in [1.807, 2.05) is 38.1 Å². The highest BCUT2D eigenvalue weighted by Crippen LogP contribution is 2.20. The van der Waals surface area contributed by atoms with E-state index in [2.05, 4.69) is 4.98 Å². The van der Waals surface area contributed by atoms with Gasteiger partial charge < -0.3 is 4.74 Å². The average molecular weight is 255 g/mol. The van der Waals surface area contributed by atoms with Crippen molar-refractivity contribution in [1.29, 1.82) is 0 Å². The second-order valence-corrected chi connectivity index (χ2v) is 4.43. The Labute approximate surface area is 113 Å². The molecule has 0 unspecified atom stereocenters. The molecule has 0 saturated heterocycles. The number of carbonyl (C=O) groups is 1. The van der Waals surface area contributed by atoms with E-state index < -0.39 is 0 Å². The second-order valence-electron chi connectivity index (χ2n) is 4.43. The van der Waals surface area contributed by atoms with Gasteiger partial charge in [0.05, 0.1) is 5.56 Å². The van der Waals surface area contributed by atoms with Crippen molar-refractivity contribution in [3.63, 3.8) is 0 Å². The highest BCUT2D eigenvalue weighted by molar-refractivity contribution is 5.98. The van der Waals surface area contributed by atoms with Crippen LogP contribution in [0.2, 0.25) is 0 Å². The van der Waals surface area contributed by atoms with E-state index in [9.17, 15) is 4.79 Å². The minimum Gasteiger partial charge on any atom is -0.488 e. The van der Waals surface area contributed by atoms with E-state index >= 15 is 0 Å². The molecule has 2 rings (SSSR count). The molecule has 1 aromatic carbocycles.